The van der Waals surface area contributed by atoms with Gasteiger partial charge in [-0.3, -0.25) is 4.79 Å². The van der Waals surface area contributed by atoms with E-state index in [9.17, 15) is 4.79 Å². The molecule has 0 saturated heterocycles. The monoisotopic (exact) mass is 209 g/mol. The Kier molecular flexibility index (Phi) is 2.14. The molecule has 2 aromatic rings. The molecule has 14 heavy (non-hydrogen) atoms. The Bertz CT molecular complexity index is 482. The van der Waals surface area contributed by atoms with Gasteiger partial charge in [0.2, 0.25) is 0 Å². The molecule has 0 amide bonds. The summed E-state index contributed by atoms with van der Waals surface area (Å²) >= 11 is 1.05. The summed E-state index contributed by atoms with van der Waals surface area (Å²) in [5.74, 6) is -1.06. The third-order valence-electron chi connectivity index (χ3n) is 1.92. The van der Waals surface area contributed by atoms with Crippen LogP contribution in [0.15, 0.2) is 18.2 Å². The van der Waals surface area contributed by atoms with Crippen LogP contribution < -0.4 is 5.73 Å². The minimum Gasteiger partial charge on any atom is -0.480 e. The summed E-state index contributed by atoms with van der Waals surface area (Å²) in [7, 11) is 0. The highest BCUT2D eigenvalue weighted by atomic mass is 32.1. The van der Waals surface area contributed by atoms with Crippen LogP contribution in [0, 0.1) is 0 Å². The van der Waals surface area contributed by atoms with Crippen molar-refractivity contribution in [1.29, 1.82) is 0 Å². The summed E-state index contributed by atoms with van der Waals surface area (Å²) in [6.45, 7) is 0. The number of carboxylic acids is 1. The lowest BCUT2D eigenvalue weighted by molar-refractivity contribution is -0.138. The number of nitrogens with two attached hydrogens (primary N) is 1. The van der Waals surface area contributed by atoms with E-state index in [1.54, 1.807) is 18.2 Å². The Morgan fingerprint density at radius 3 is 3.00 bits per heavy atom. The summed E-state index contributed by atoms with van der Waals surface area (Å²) < 4.78 is 8.01. The van der Waals surface area contributed by atoms with E-state index in [0.29, 0.717) is 16.6 Å². The molecule has 0 fully saturated rings. The van der Waals surface area contributed by atoms with Gasteiger partial charge in [0, 0.05) is 5.56 Å². The van der Waals surface area contributed by atoms with Crippen molar-refractivity contribution in [1.82, 2.24) is 8.75 Å². The van der Waals surface area contributed by atoms with E-state index in [1.807, 2.05) is 0 Å². The summed E-state index contributed by atoms with van der Waals surface area (Å²) in [6.07, 6.45) is 0. The lowest BCUT2D eigenvalue weighted by Gasteiger charge is -2.05. The molecule has 2 rings (SSSR count). The number of nitrogens with zero attached hydrogens (tertiary/aromatic N) is 2. The van der Waals surface area contributed by atoms with Crippen molar-refractivity contribution in [3.8, 4) is 0 Å². The molecular weight excluding hydrogens is 202 g/mol. The maximum absolute atomic E-state index is 10.7. The minimum absolute atomic E-state index is 0.503. The van der Waals surface area contributed by atoms with Gasteiger partial charge in [-0.2, -0.15) is 8.75 Å². The fraction of sp³-hybridized carbons (Fsp3) is 0.125. The molecule has 0 spiro atoms. The van der Waals surface area contributed by atoms with Crippen LogP contribution in [0.5, 0.6) is 0 Å². The van der Waals surface area contributed by atoms with Gasteiger partial charge in [0.1, 0.15) is 17.1 Å². The lowest BCUT2D eigenvalue weighted by atomic mass is 10.1. The average Bonchev–Trinajstić information content (AvgIpc) is 2.63. The Hall–Kier alpha value is -1.53. The van der Waals surface area contributed by atoms with Gasteiger partial charge in [0.15, 0.2) is 0 Å². The van der Waals surface area contributed by atoms with E-state index >= 15 is 0 Å². The van der Waals surface area contributed by atoms with E-state index in [0.717, 1.165) is 11.7 Å². The second kappa shape index (κ2) is 3.32. The SMILES string of the molecule is N[C@@H](C(=O)O)c1cccc2nsnc12. The summed E-state index contributed by atoms with van der Waals surface area (Å²) in [4.78, 5) is 10.7. The molecule has 0 bridgehead atoms. The molecule has 1 heterocycles. The highest BCUT2D eigenvalue weighted by Gasteiger charge is 2.18. The van der Waals surface area contributed by atoms with Crippen LogP contribution in [-0.4, -0.2) is 19.8 Å². The Morgan fingerprint density at radius 1 is 1.50 bits per heavy atom. The first-order valence-electron chi connectivity index (χ1n) is 3.89. The van der Waals surface area contributed by atoms with Crippen LogP contribution in [0.2, 0.25) is 0 Å². The molecule has 1 aromatic carbocycles. The molecule has 6 heteroatoms. The molecule has 0 unspecified atom stereocenters. The average molecular weight is 209 g/mol. The maximum Gasteiger partial charge on any atom is 0.325 e. The molecule has 0 aliphatic carbocycles. The van der Waals surface area contributed by atoms with Gasteiger partial charge in [0.25, 0.3) is 0 Å². The fourth-order valence-electron chi connectivity index (χ4n) is 1.21. The number of hydrogen-bond acceptors (Lipinski definition) is 5. The number of hydrogen-bond donors (Lipinski definition) is 2. The zero-order chi connectivity index (χ0) is 10.1. The van der Waals surface area contributed by atoms with Crippen LogP contribution in [0.1, 0.15) is 11.6 Å². The second-order valence-corrected chi connectivity index (χ2v) is 3.32. The standard InChI is InChI=1S/C8H7N3O2S/c9-6(8(12)13)4-2-1-3-5-7(4)11-14-10-5/h1-3,6H,9H2,(H,12,13)/t6-/m1/s1. The van der Waals surface area contributed by atoms with Crippen molar-refractivity contribution in [3.05, 3.63) is 23.8 Å². The highest BCUT2D eigenvalue weighted by molar-refractivity contribution is 7.00. The van der Waals surface area contributed by atoms with E-state index < -0.39 is 12.0 Å². The van der Waals surface area contributed by atoms with Gasteiger partial charge in [-0.1, -0.05) is 12.1 Å². The van der Waals surface area contributed by atoms with E-state index in [1.165, 1.54) is 0 Å². The van der Waals surface area contributed by atoms with E-state index in [-0.39, 0.29) is 0 Å². The molecule has 3 N–H and O–H groups in total. The van der Waals surface area contributed by atoms with Gasteiger partial charge >= 0.3 is 5.97 Å². The van der Waals surface area contributed by atoms with Crippen LogP contribution >= 0.6 is 11.7 Å². The summed E-state index contributed by atoms with van der Waals surface area (Å²) in [6, 6.07) is 4.11. The predicted molar refractivity (Wildman–Crippen MR) is 52.0 cm³/mol. The van der Waals surface area contributed by atoms with Crippen molar-refractivity contribution in [2.24, 2.45) is 5.73 Å². The Balaban J connectivity index is 2.61. The Morgan fingerprint density at radius 2 is 2.29 bits per heavy atom. The van der Waals surface area contributed by atoms with Crippen molar-refractivity contribution >= 4 is 28.7 Å². The first-order valence-corrected chi connectivity index (χ1v) is 4.63. The first kappa shape index (κ1) is 9.04. The van der Waals surface area contributed by atoms with E-state index in [4.69, 9.17) is 10.8 Å². The predicted octanol–water partition coefficient (Wildman–Crippen LogP) is 0.776. The topological polar surface area (TPSA) is 89.1 Å². The van der Waals surface area contributed by atoms with Crippen LogP contribution in [0.3, 0.4) is 0 Å². The summed E-state index contributed by atoms with van der Waals surface area (Å²) in [5, 5.41) is 8.76. The van der Waals surface area contributed by atoms with E-state index in [2.05, 4.69) is 8.75 Å². The van der Waals surface area contributed by atoms with Crippen LogP contribution in [-0.2, 0) is 4.79 Å². The lowest BCUT2D eigenvalue weighted by Crippen LogP contribution is -2.20. The maximum atomic E-state index is 10.7. The van der Waals surface area contributed by atoms with Gasteiger partial charge in [0.05, 0.1) is 11.7 Å². The molecule has 0 aliphatic heterocycles. The molecule has 72 valence electrons. The third-order valence-corrected chi connectivity index (χ3v) is 2.46. The molecule has 0 aliphatic rings. The zero-order valence-electron chi connectivity index (χ0n) is 7.04. The summed E-state index contributed by atoms with van der Waals surface area (Å²) in [5.41, 5.74) is 7.26. The second-order valence-electron chi connectivity index (χ2n) is 2.80. The molecular formula is C8H7N3O2S. The van der Waals surface area contributed by atoms with Crippen molar-refractivity contribution < 1.29 is 9.90 Å². The number of fused-ring (bicyclic) bond motifs is 1. The number of aromatic nitrogens is 2. The normalized spacial score (nSPS) is 12.9. The third kappa shape index (κ3) is 1.34. The van der Waals surface area contributed by atoms with Gasteiger partial charge in [-0.15, -0.1) is 0 Å². The number of benzene rings is 1. The van der Waals surface area contributed by atoms with Crippen molar-refractivity contribution in [2.75, 3.05) is 0 Å². The Labute approximate surface area is 83.5 Å². The number of carboxylic acid groups (broad SMARTS) is 1. The highest BCUT2D eigenvalue weighted by Crippen LogP contribution is 2.21. The van der Waals surface area contributed by atoms with Gasteiger partial charge in [-0.05, 0) is 6.07 Å². The molecule has 1 aromatic heterocycles. The molecule has 0 radical (unpaired) electrons. The zero-order valence-corrected chi connectivity index (χ0v) is 7.86. The van der Waals surface area contributed by atoms with Crippen molar-refractivity contribution in [2.45, 2.75) is 6.04 Å². The minimum atomic E-state index is -1.06. The molecule has 0 saturated carbocycles. The molecule has 5 nitrogen and oxygen atoms in total. The number of rotatable bonds is 2. The smallest absolute Gasteiger partial charge is 0.325 e. The van der Waals surface area contributed by atoms with Crippen LogP contribution in [0.25, 0.3) is 11.0 Å². The van der Waals surface area contributed by atoms with Gasteiger partial charge in [-0.25, -0.2) is 0 Å². The van der Waals surface area contributed by atoms with Crippen molar-refractivity contribution in [3.63, 3.8) is 0 Å². The van der Waals surface area contributed by atoms with Crippen LogP contribution in [0.4, 0.5) is 0 Å². The quantitative estimate of drug-likeness (QED) is 0.762. The van der Waals surface area contributed by atoms with Gasteiger partial charge < -0.3 is 10.8 Å². The number of carbonyl (C=O) groups is 1. The molecule has 1 atom stereocenters. The fourth-order valence-corrected chi connectivity index (χ4v) is 1.77. The number of aliphatic carboxylic acids is 1. The largest absolute Gasteiger partial charge is 0.480 e. The first-order chi connectivity index (χ1) is 6.70.